The van der Waals surface area contributed by atoms with Crippen LogP contribution in [0, 0.1) is 0 Å². The predicted octanol–water partition coefficient (Wildman–Crippen LogP) is 3.98. The highest BCUT2D eigenvalue weighted by Gasteiger charge is 2.18. The topological polar surface area (TPSA) is 89.3 Å². The van der Waals surface area contributed by atoms with Gasteiger partial charge < -0.3 is 19.1 Å². The van der Waals surface area contributed by atoms with Crippen LogP contribution in [-0.4, -0.2) is 40.5 Å². The summed E-state index contributed by atoms with van der Waals surface area (Å²) in [5.74, 6) is 2.02. The Balaban J connectivity index is 1.45. The first-order valence-corrected chi connectivity index (χ1v) is 10.3. The van der Waals surface area contributed by atoms with E-state index in [1.807, 2.05) is 66.0 Å². The lowest BCUT2D eigenvalue weighted by Gasteiger charge is -2.13. The molecule has 1 aromatic carbocycles. The Hall–Kier alpha value is -3.46. The van der Waals surface area contributed by atoms with E-state index in [4.69, 9.17) is 8.83 Å². The zero-order valence-corrected chi connectivity index (χ0v) is 17.4. The Bertz CT molecular complexity index is 1090. The summed E-state index contributed by atoms with van der Waals surface area (Å²) in [4.78, 5) is 14.4. The van der Waals surface area contributed by atoms with Crippen molar-refractivity contribution in [1.82, 2.24) is 14.8 Å². The second-order valence-electron chi connectivity index (χ2n) is 6.73. The van der Waals surface area contributed by atoms with Gasteiger partial charge in [-0.05, 0) is 48.5 Å². The molecule has 0 radical (unpaired) electrons. The molecule has 1 N–H and O–H groups in total. The predicted molar refractivity (Wildman–Crippen MR) is 116 cm³/mol. The van der Waals surface area contributed by atoms with Gasteiger partial charge in [0.1, 0.15) is 5.76 Å². The van der Waals surface area contributed by atoms with Crippen LogP contribution in [0.2, 0.25) is 0 Å². The average molecular weight is 423 g/mol. The van der Waals surface area contributed by atoms with Crippen LogP contribution in [-0.2, 0) is 11.3 Å². The van der Waals surface area contributed by atoms with Gasteiger partial charge in [0, 0.05) is 25.5 Å². The van der Waals surface area contributed by atoms with Crippen molar-refractivity contribution in [3.63, 3.8) is 0 Å². The van der Waals surface area contributed by atoms with Crippen LogP contribution >= 0.6 is 11.8 Å². The SMILES string of the molecule is CN(C)c1ccc(NC(=O)CSc2nnc(-c3ccco3)n2Cc2ccco2)cc1. The molecule has 0 atom stereocenters. The monoisotopic (exact) mass is 423 g/mol. The number of nitrogens with one attached hydrogen (secondary N) is 1. The summed E-state index contributed by atoms with van der Waals surface area (Å²) >= 11 is 1.31. The molecular formula is C21H21N5O3S. The van der Waals surface area contributed by atoms with Gasteiger partial charge in [0.25, 0.3) is 0 Å². The number of furan rings is 2. The molecule has 0 spiro atoms. The van der Waals surface area contributed by atoms with Gasteiger partial charge in [-0.3, -0.25) is 9.36 Å². The molecule has 4 rings (SSSR count). The third kappa shape index (κ3) is 4.57. The molecule has 3 heterocycles. The fourth-order valence-corrected chi connectivity index (χ4v) is 3.59. The number of hydrogen-bond donors (Lipinski definition) is 1. The summed E-state index contributed by atoms with van der Waals surface area (Å²) in [6.45, 7) is 0.436. The normalized spacial score (nSPS) is 10.9. The van der Waals surface area contributed by atoms with Gasteiger partial charge in [0.05, 0.1) is 24.8 Å². The van der Waals surface area contributed by atoms with Crippen LogP contribution in [0.1, 0.15) is 5.76 Å². The lowest BCUT2D eigenvalue weighted by atomic mass is 10.2. The Labute approximate surface area is 177 Å². The first-order chi connectivity index (χ1) is 14.6. The zero-order chi connectivity index (χ0) is 20.9. The summed E-state index contributed by atoms with van der Waals surface area (Å²) in [6.07, 6.45) is 3.21. The molecular weight excluding hydrogens is 402 g/mol. The Morgan fingerprint density at radius 2 is 1.83 bits per heavy atom. The minimum absolute atomic E-state index is 0.121. The number of thioether (sulfide) groups is 1. The van der Waals surface area contributed by atoms with E-state index < -0.39 is 0 Å². The van der Waals surface area contributed by atoms with E-state index in [-0.39, 0.29) is 11.7 Å². The number of anilines is 2. The molecule has 0 saturated carbocycles. The fourth-order valence-electron chi connectivity index (χ4n) is 2.85. The molecule has 0 saturated heterocycles. The third-order valence-electron chi connectivity index (χ3n) is 4.35. The number of benzene rings is 1. The molecule has 0 aliphatic heterocycles. The van der Waals surface area contributed by atoms with Crippen LogP contribution in [0.3, 0.4) is 0 Å². The second kappa shape index (κ2) is 8.91. The van der Waals surface area contributed by atoms with Gasteiger partial charge >= 0.3 is 0 Å². The maximum Gasteiger partial charge on any atom is 0.234 e. The summed E-state index contributed by atoms with van der Waals surface area (Å²) in [5.41, 5.74) is 1.82. The average Bonchev–Trinajstić information content (AvgIpc) is 3.50. The van der Waals surface area contributed by atoms with E-state index in [0.717, 1.165) is 17.1 Å². The van der Waals surface area contributed by atoms with Crippen LogP contribution in [0.15, 0.2) is 75.0 Å². The minimum Gasteiger partial charge on any atom is -0.467 e. The lowest BCUT2D eigenvalue weighted by molar-refractivity contribution is -0.113. The van der Waals surface area contributed by atoms with Crippen molar-refractivity contribution < 1.29 is 13.6 Å². The summed E-state index contributed by atoms with van der Waals surface area (Å²) in [6, 6.07) is 15.0. The van der Waals surface area contributed by atoms with E-state index in [1.165, 1.54) is 11.8 Å². The van der Waals surface area contributed by atoms with Gasteiger partial charge in [-0.2, -0.15) is 0 Å². The molecule has 0 fully saturated rings. The fraction of sp³-hybridized carbons (Fsp3) is 0.190. The molecule has 3 aromatic heterocycles. The number of carbonyl (C=O) groups excluding carboxylic acids is 1. The smallest absolute Gasteiger partial charge is 0.234 e. The third-order valence-corrected chi connectivity index (χ3v) is 5.32. The van der Waals surface area contributed by atoms with Crippen LogP contribution in [0.5, 0.6) is 0 Å². The van der Waals surface area contributed by atoms with Gasteiger partial charge in [0.2, 0.25) is 11.7 Å². The molecule has 0 aliphatic rings. The van der Waals surface area contributed by atoms with Crippen LogP contribution < -0.4 is 10.2 Å². The first-order valence-electron chi connectivity index (χ1n) is 9.29. The Morgan fingerprint density at radius 1 is 1.07 bits per heavy atom. The quantitative estimate of drug-likeness (QED) is 0.429. The molecule has 0 unspecified atom stereocenters. The maximum atomic E-state index is 12.4. The van der Waals surface area contributed by atoms with Crippen molar-refractivity contribution in [1.29, 1.82) is 0 Å². The highest BCUT2D eigenvalue weighted by Crippen LogP contribution is 2.26. The van der Waals surface area contributed by atoms with Crippen molar-refractivity contribution in [3.05, 3.63) is 66.8 Å². The van der Waals surface area contributed by atoms with Crippen molar-refractivity contribution in [3.8, 4) is 11.6 Å². The van der Waals surface area contributed by atoms with E-state index in [1.54, 1.807) is 18.6 Å². The molecule has 0 aliphatic carbocycles. The molecule has 30 heavy (non-hydrogen) atoms. The number of hydrogen-bond acceptors (Lipinski definition) is 7. The van der Waals surface area contributed by atoms with Crippen molar-refractivity contribution in [2.24, 2.45) is 0 Å². The summed E-state index contributed by atoms with van der Waals surface area (Å²) in [7, 11) is 3.94. The number of nitrogens with zero attached hydrogens (tertiary/aromatic N) is 4. The molecule has 8 nitrogen and oxygen atoms in total. The van der Waals surface area contributed by atoms with Crippen molar-refractivity contribution >= 4 is 29.0 Å². The Morgan fingerprint density at radius 3 is 2.50 bits per heavy atom. The lowest BCUT2D eigenvalue weighted by Crippen LogP contribution is -2.15. The highest BCUT2D eigenvalue weighted by atomic mass is 32.2. The van der Waals surface area contributed by atoms with Crippen LogP contribution in [0.4, 0.5) is 11.4 Å². The number of carbonyl (C=O) groups is 1. The second-order valence-corrected chi connectivity index (χ2v) is 7.67. The van der Waals surface area contributed by atoms with Crippen molar-refractivity contribution in [2.45, 2.75) is 11.7 Å². The standard InChI is InChI=1S/C21H21N5O3S/c1-25(2)16-9-7-15(8-10-16)22-19(27)14-30-21-24-23-20(18-6-4-12-29-18)26(21)13-17-5-3-11-28-17/h3-12H,13-14H2,1-2H3,(H,22,27). The largest absolute Gasteiger partial charge is 0.467 e. The molecule has 4 aromatic rings. The first kappa shape index (κ1) is 19.8. The molecule has 0 bridgehead atoms. The van der Waals surface area contributed by atoms with E-state index >= 15 is 0 Å². The summed E-state index contributed by atoms with van der Waals surface area (Å²) < 4.78 is 12.8. The van der Waals surface area contributed by atoms with Crippen LogP contribution in [0.25, 0.3) is 11.6 Å². The zero-order valence-electron chi connectivity index (χ0n) is 16.6. The minimum atomic E-state index is -0.121. The number of aromatic nitrogens is 3. The number of rotatable bonds is 8. The highest BCUT2D eigenvalue weighted by molar-refractivity contribution is 7.99. The number of amides is 1. The Kier molecular flexibility index (Phi) is 5.89. The maximum absolute atomic E-state index is 12.4. The van der Waals surface area contributed by atoms with Gasteiger partial charge in [-0.1, -0.05) is 11.8 Å². The van der Waals surface area contributed by atoms with Gasteiger partial charge in [-0.25, -0.2) is 0 Å². The van der Waals surface area contributed by atoms with Crippen molar-refractivity contribution in [2.75, 3.05) is 30.1 Å². The molecule has 9 heteroatoms. The van der Waals surface area contributed by atoms with E-state index in [0.29, 0.717) is 23.3 Å². The van der Waals surface area contributed by atoms with Gasteiger partial charge in [-0.15, -0.1) is 10.2 Å². The van der Waals surface area contributed by atoms with Gasteiger partial charge in [0.15, 0.2) is 10.9 Å². The molecule has 154 valence electrons. The van der Waals surface area contributed by atoms with E-state index in [9.17, 15) is 4.79 Å². The van der Waals surface area contributed by atoms with E-state index in [2.05, 4.69) is 15.5 Å². The molecule has 1 amide bonds. The summed E-state index contributed by atoms with van der Waals surface area (Å²) in [5, 5.41) is 12.0.